The highest BCUT2D eigenvalue weighted by atomic mass is 35.5. The molecular formula is C30H21ClN2O5S. The summed E-state index contributed by atoms with van der Waals surface area (Å²) in [5.74, 6) is -0.694. The van der Waals surface area contributed by atoms with E-state index in [1.807, 2.05) is 54.6 Å². The molecule has 1 atom stereocenters. The van der Waals surface area contributed by atoms with Crippen molar-refractivity contribution in [3.8, 4) is 16.3 Å². The Bertz CT molecular complexity index is 1890. The predicted octanol–water partition coefficient (Wildman–Crippen LogP) is 7.71. The van der Waals surface area contributed by atoms with Crippen molar-refractivity contribution in [1.82, 2.24) is 4.98 Å². The Morgan fingerprint density at radius 1 is 0.949 bits per heavy atom. The van der Waals surface area contributed by atoms with Gasteiger partial charge in [-0.1, -0.05) is 48.0 Å². The van der Waals surface area contributed by atoms with Gasteiger partial charge in [0, 0.05) is 22.2 Å². The van der Waals surface area contributed by atoms with Gasteiger partial charge in [0.2, 0.25) is 0 Å². The number of para-hydroxylation sites is 2. The second-order valence-corrected chi connectivity index (χ2v) is 10.6. The van der Waals surface area contributed by atoms with Crippen molar-refractivity contribution < 1.29 is 23.5 Å². The van der Waals surface area contributed by atoms with E-state index in [0.29, 0.717) is 43.5 Å². The number of fused-ring (bicyclic) bond motifs is 4. The summed E-state index contributed by atoms with van der Waals surface area (Å²) in [6, 6.07) is 23.7. The molecule has 9 heteroatoms. The highest BCUT2D eigenvalue weighted by Crippen LogP contribution is 2.37. The number of carbonyl (C=O) groups is 2. The van der Waals surface area contributed by atoms with E-state index in [1.54, 1.807) is 24.3 Å². The number of pyridine rings is 1. The molecule has 0 fully saturated rings. The maximum Gasteiger partial charge on any atom is 0.339 e. The van der Waals surface area contributed by atoms with Gasteiger partial charge in [0.15, 0.2) is 6.10 Å². The van der Waals surface area contributed by atoms with E-state index in [4.69, 9.17) is 25.5 Å². The van der Waals surface area contributed by atoms with E-state index in [-0.39, 0.29) is 0 Å². The van der Waals surface area contributed by atoms with Crippen LogP contribution in [0.5, 0.6) is 5.75 Å². The average molecular weight is 557 g/mol. The summed E-state index contributed by atoms with van der Waals surface area (Å²) >= 11 is 7.48. The number of hydrogen-bond donors (Lipinski definition) is 1. The van der Waals surface area contributed by atoms with Crippen LogP contribution in [-0.2, 0) is 9.53 Å². The normalized spacial score (nSPS) is 12.1. The number of thiophene rings is 1. The Kier molecular flexibility index (Phi) is 6.42. The van der Waals surface area contributed by atoms with Crippen LogP contribution in [0.15, 0.2) is 83.3 Å². The van der Waals surface area contributed by atoms with Gasteiger partial charge in [-0.15, -0.1) is 11.3 Å². The zero-order valence-corrected chi connectivity index (χ0v) is 22.4. The maximum absolute atomic E-state index is 13.3. The van der Waals surface area contributed by atoms with Crippen LogP contribution in [-0.4, -0.2) is 30.1 Å². The van der Waals surface area contributed by atoms with Gasteiger partial charge in [0.1, 0.15) is 16.9 Å². The standard InChI is InChI=1S/C30H21ClN2O5S/c1-16(29(34)33-22-15-25-19(14-26(22)36-2)18-8-4-6-10-24(18)38-25)37-30(35)20-13-23(27-11-12-28(31)39-27)32-21-9-5-3-7-17(20)21/h3-16H,1-2H3,(H,33,34). The molecule has 0 aliphatic carbocycles. The van der Waals surface area contributed by atoms with Crippen molar-refractivity contribution in [3.05, 3.63) is 88.8 Å². The molecule has 0 spiro atoms. The molecule has 0 radical (unpaired) electrons. The summed E-state index contributed by atoms with van der Waals surface area (Å²) in [5, 5.41) is 5.24. The third kappa shape index (κ3) is 4.69. The summed E-state index contributed by atoms with van der Waals surface area (Å²) in [5.41, 5.74) is 3.27. The lowest BCUT2D eigenvalue weighted by atomic mass is 10.1. The summed E-state index contributed by atoms with van der Waals surface area (Å²) in [6.45, 7) is 1.52. The molecule has 0 saturated heterocycles. The molecule has 1 amide bonds. The molecule has 7 nitrogen and oxygen atoms in total. The number of nitrogens with one attached hydrogen (secondary N) is 1. The minimum atomic E-state index is -1.10. The van der Waals surface area contributed by atoms with Crippen LogP contribution in [0.1, 0.15) is 17.3 Å². The summed E-state index contributed by atoms with van der Waals surface area (Å²) in [7, 11) is 1.52. The predicted molar refractivity (Wildman–Crippen MR) is 154 cm³/mol. The van der Waals surface area contributed by atoms with E-state index in [2.05, 4.69) is 10.3 Å². The van der Waals surface area contributed by atoms with Crippen LogP contribution in [0.2, 0.25) is 4.34 Å². The highest BCUT2D eigenvalue weighted by molar-refractivity contribution is 7.19. The van der Waals surface area contributed by atoms with Crippen LogP contribution >= 0.6 is 22.9 Å². The first-order chi connectivity index (χ1) is 18.9. The molecule has 3 heterocycles. The summed E-state index contributed by atoms with van der Waals surface area (Å²) < 4.78 is 17.7. The van der Waals surface area contributed by atoms with Gasteiger partial charge in [-0.3, -0.25) is 4.79 Å². The molecule has 3 aromatic carbocycles. The van der Waals surface area contributed by atoms with Crippen molar-refractivity contribution in [1.29, 1.82) is 0 Å². The molecule has 39 heavy (non-hydrogen) atoms. The molecular weight excluding hydrogens is 536 g/mol. The van der Waals surface area contributed by atoms with Crippen molar-refractivity contribution in [3.63, 3.8) is 0 Å². The molecule has 1 N–H and O–H groups in total. The fourth-order valence-electron chi connectivity index (χ4n) is 4.45. The van der Waals surface area contributed by atoms with Gasteiger partial charge in [-0.25, -0.2) is 9.78 Å². The van der Waals surface area contributed by atoms with Gasteiger partial charge in [0.05, 0.1) is 38.8 Å². The van der Waals surface area contributed by atoms with Crippen LogP contribution < -0.4 is 10.1 Å². The Hall–Kier alpha value is -4.40. The van der Waals surface area contributed by atoms with Crippen LogP contribution in [0, 0.1) is 0 Å². The molecule has 6 aromatic rings. The number of nitrogens with zero attached hydrogens (tertiary/aromatic N) is 1. The Morgan fingerprint density at radius 2 is 1.72 bits per heavy atom. The summed E-state index contributed by atoms with van der Waals surface area (Å²) in [6.07, 6.45) is -1.10. The largest absolute Gasteiger partial charge is 0.495 e. The zero-order valence-electron chi connectivity index (χ0n) is 20.9. The highest BCUT2D eigenvalue weighted by Gasteiger charge is 2.23. The number of methoxy groups -OCH3 is 1. The second-order valence-electron chi connectivity index (χ2n) is 8.86. The number of benzene rings is 3. The third-order valence-electron chi connectivity index (χ3n) is 6.37. The monoisotopic (exact) mass is 556 g/mol. The quantitative estimate of drug-likeness (QED) is 0.211. The van der Waals surface area contributed by atoms with Crippen molar-refractivity contribution in [2.24, 2.45) is 0 Å². The van der Waals surface area contributed by atoms with Gasteiger partial charge < -0.3 is 19.2 Å². The first-order valence-corrected chi connectivity index (χ1v) is 13.3. The zero-order chi connectivity index (χ0) is 27.1. The minimum absolute atomic E-state index is 0.307. The van der Waals surface area contributed by atoms with E-state index >= 15 is 0 Å². The van der Waals surface area contributed by atoms with Crippen molar-refractivity contribution >= 4 is 73.3 Å². The smallest absolute Gasteiger partial charge is 0.339 e. The lowest BCUT2D eigenvalue weighted by Crippen LogP contribution is -2.30. The number of aromatic nitrogens is 1. The second kappa shape index (κ2) is 10.1. The van der Waals surface area contributed by atoms with Crippen LogP contribution in [0.4, 0.5) is 5.69 Å². The molecule has 3 aromatic heterocycles. The molecule has 6 rings (SSSR count). The van der Waals surface area contributed by atoms with Gasteiger partial charge in [0.25, 0.3) is 5.91 Å². The van der Waals surface area contributed by atoms with Gasteiger partial charge >= 0.3 is 5.97 Å². The third-order valence-corrected chi connectivity index (χ3v) is 7.63. The average Bonchev–Trinajstić information content (AvgIpc) is 3.54. The van der Waals surface area contributed by atoms with Crippen molar-refractivity contribution in [2.75, 3.05) is 12.4 Å². The van der Waals surface area contributed by atoms with E-state index in [1.165, 1.54) is 25.4 Å². The Morgan fingerprint density at radius 3 is 2.49 bits per heavy atom. The van der Waals surface area contributed by atoms with E-state index in [0.717, 1.165) is 21.2 Å². The molecule has 1 unspecified atom stereocenters. The number of hydrogen-bond acceptors (Lipinski definition) is 7. The van der Waals surface area contributed by atoms with Gasteiger partial charge in [-0.05, 0) is 43.3 Å². The van der Waals surface area contributed by atoms with Gasteiger partial charge in [-0.2, -0.15) is 0 Å². The first-order valence-electron chi connectivity index (χ1n) is 12.1. The first kappa shape index (κ1) is 24.9. The number of furan rings is 1. The molecule has 0 saturated carbocycles. The number of esters is 1. The van der Waals surface area contributed by atoms with E-state index < -0.39 is 18.0 Å². The number of amides is 1. The lowest BCUT2D eigenvalue weighted by molar-refractivity contribution is -0.123. The number of ether oxygens (including phenoxy) is 2. The molecule has 0 aliphatic heterocycles. The Balaban J connectivity index is 1.27. The Labute approximate surface area is 231 Å². The topological polar surface area (TPSA) is 90.7 Å². The van der Waals surface area contributed by atoms with Crippen LogP contribution in [0.3, 0.4) is 0 Å². The number of carbonyl (C=O) groups excluding carboxylic acids is 2. The molecule has 194 valence electrons. The number of anilines is 1. The number of halogens is 1. The fraction of sp³-hybridized carbons (Fsp3) is 0.100. The fourth-order valence-corrected chi connectivity index (χ4v) is 5.46. The minimum Gasteiger partial charge on any atom is -0.495 e. The molecule has 0 aliphatic rings. The lowest BCUT2D eigenvalue weighted by Gasteiger charge is -2.16. The van der Waals surface area contributed by atoms with E-state index in [9.17, 15) is 9.59 Å². The SMILES string of the molecule is COc1cc2c(cc1NC(=O)C(C)OC(=O)c1cc(-c3ccc(Cl)s3)nc3ccccc13)oc1ccccc12. The van der Waals surface area contributed by atoms with Crippen molar-refractivity contribution in [2.45, 2.75) is 13.0 Å². The molecule has 0 bridgehead atoms. The summed E-state index contributed by atoms with van der Waals surface area (Å²) in [4.78, 5) is 31.9. The number of rotatable bonds is 6. The van der Waals surface area contributed by atoms with Crippen LogP contribution in [0.25, 0.3) is 43.4 Å². The maximum atomic E-state index is 13.3.